The molecule has 1 saturated heterocycles. The lowest BCUT2D eigenvalue weighted by molar-refractivity contribution is -0.131. The lowest BCUT2D eigenvalue weighted by atomic mass is 9.71. The van der Waals surface area contributed by atoms with Crippen molar-refractivity contribution in [3.05, 3.63) is 157 Å². The maximum absolute atomic E-state index is 15.5. The number of urea groups is 1. The minimum atomic E-state index is -1.05. The minimum absolute atomic E-state index is 0.00334. The van der Waals surface area contributed by atoms with Gasteiger partial charge in [-0.15, -0.1) is 0 Å². The summed E-state index contributed by atoms with van der Waals surface area (Å²) in [6, 6.07) is 27.6. The highest BCUT2D eigenvalue weighted by Gasteiger charge is 2.60. The van der Waals surface area contributed by atoms with Crippen LogP contribution >= 0.6 is 23.2 Å². The zero-order valence-electron chi connectivity index (χ0n) is 50.0. The second-order valence-electron chi connectivity index (χ2n) is 23.0. The van der Waals surface area contributed by atoms with E-state index < -0.39 is 23.0 Å². The normalized spacial score (nSPS) is 19.1. The summed E-state index contributed by atoms with van der Waals surface area (Å²) in [5.74, 6) is 0.281. The number of hydrogen-bond donors (Lipinski definition) is 0. The first-order valence-electron chi connectivity index (χ1n) is 28.7. The first kappa shape index (κ1) is 62.1. The fourth-order valence-corrected chi connectivity index (χ4v) is 11.4. The lowest BCUT2D eigenvalue weighted by Crippen LogP contribution is -2.60. The maximum atomic E-state index is 15.5. The second kappa shape index (κ2) is 26.0. The molecule has 2 bridgehead atoms. The fourth-order valence-electron chi connectivity index (χ4n) is 11.2. The number of hydrogen-bond acceptors (Lipinski definition) is 13. The number of piperazine rings is 1. The van der Waals surface area contributed by atoms with Crippen molar-refractivity contribution in [1.82, 2.24) is 44.2 Å². The quantitative estimate of drug-likeness (QED) is 0.0789. The Morgan fingerprint density at radius 3 is 2.21 bits per heavy atom. The highest BCUT2D eigenvalue weighted by Crippen LogP contribution is 2.54. The van der Waals surface area contributed by atoms with E-state index in [2.05, 4.69) is 62.7 Å². The first-order valence-corrected chi connectivity index (χ1v) is 29.5. The van der Waals surface area contributed by atoms with E-state index >= 15 is 4.79 Å². The number of nitrogens with zero attached hydrogens (tertiary/aromatic N) is 11. The Morgan fingerprint density at radius 1 is 0.894 bits per heavy atom. The van der Waals surface area contributed by atoms with Crippen LogP contribution in [0.4, 0.5) is 9.18 Å². The van der Waals surface area contributed by atoms with Crippen LogP contribution in [0.25, 0.3) is 11.3 Å². The Morgan fingerprint density at radius 2 is 1.55 bits per heavy atom. The molecule has 18 nitrogen and oxygen atoms in total. The van der Waals surface area contributed by atoms with Crippen LogP contribution in [-0.2, 0) is 43.9 Å². The smallest absolute Gasteiger partial charge is 0.326 e. The molecule has 448 valence electrons. The van der Waals surface area contributed by atoms with Crippen LogP contribution in [0.1, 0.15) is 116 Å². The number of rotatable bonds is 17. The molecule has 0 unspecified atom stereocenters. The fraction of sp³-hybridized carbons (Fsp3) is 0.438. The van der Waals surface area contributed by atoms with Crippen LogP contribution < -0.4 is 9.47 Å². The predicted molar refractivity (Wildman–Crippen MR) is 324 cm³/mol. The van der Waals surface area contributed by atoms with E-state index in [1.54, 1.807) is 32.8 Å². The number of amides is 4. The van der Waals surface area contributed by atoms with Crippen LogP contribution in [0.15, 0.2) is 96.1 Å². The molecule has 3 aliphatic rings. The van der Waals surface area contributed by atoms with E-state index in [1.807, 2.05) is 71.3 Å². The standard InChI is InChI=1S/C64H74Cl2FN11O7/c1-11-84-55-36-45(62(4,5)6)16-22-50(55)58-71-63(7,43-12-17-46(65)18-13-43)64(8,44-14-19-47(66)20-15-44)78(58)61(81)76-28-26-75(27-29-76)31-33-83-35-34-82-32-24-56(79)73(9)25-30-77-54(38-68)57-52-39-69-41(2)59(70-52)85-42(3)51-37-48(67)21-23-49(51)60(80)74(10)40-53(57)72-77/h12-23,36-37,39,42H,11,24-35,40H2,1-10H3/t42-,63-,64+/m1/s1. The number of fused-ring (bicyclic) bond motifs is 5. The van der Waals surface area contributed by atoms with Crippen LogP contribution in [0.3, 0.4) is 0 Å². The largest absolute Gasteiger partial charge is 0.493 e. The Balaban J connectivity index is 0.780. The number of aliphatic imine (C=N–C) groups is 1. The zero-order valence-corrected chi connectivity index (χ0v) is 51.6. The van der Waals surface area contributed by atoms with Crippen molar-refractivity contribution in [2.45, 2.75) is 97.5 Å². The Bertz CT molecular complexity index is 3510. The summed E-state index contributed by atoms with van der Waals surface area (Å²) in [5.41, 5.74) is 3.75. The molecule has 0 radical (unpaired) electrons. The number of halogens is 3. The number of ether oxygens (including phenoxy) is 4. The zero-order chi connectivity index (χ0) is 61.0. The summed E-state index contributed by atoms with van der Waals surface area (Å²) in [6.07, 6.45) is 0.897. The van der Waals surface area contributed by atoms with E-state index in [1.165, 1.54) is 34.0 Å². The monoisotopic (exact) mass is 1200 g/mol. The number of amidine groups is 1. The van der Waals surface area contributed by atoms with Gasteiger partial charge in [-0.1, -0.05) is 74.3 Å². The van der Waals surface area contributed by atoms with Gasteiger partial charge in [-0.3, -0.25) is 34.0 Å². The molecule has 4 amide bonds. The summed E-state index contributed by atoms with van der Waals surface area (Å²) in [7, 11) is 3.28. The summed E-state index contributed by atoms with van der Waals surface area (Å²) in [6.45, 7) is 21.0. The summed E-state index contributed by atoms with van der Waals surface area (Å²) < 4.78 is 40.4. The molecule has 21 heteroatoms. The first-order chi connectivity index (χ1) is 40.6. The van der Waals surface area contributed by atoms with Crippen molar-refractivity contribution in [3.63, 3.8) is 0 Å². The molecule has 0 spiro atoms. The average Bonchev–Trinajstić information content (AvgIpc) is 1.63. The molecule has 0 saturated carbocycles. The SMILES string of the molecule is CCOc1cc(C(C)(C)C)ccc1C1=N[C@](C)(c2ccc(Cl)cc2)[C@](C)(c2ccc(Cl)cc2)N1C(=O)N1CCN(CCOCCOCCC(=O)N(C)CCn2nc3c(c2C#N)-c2cnc(C)c(n2)O[C@H](C)c2cc(F)ccc2C(=O)N(C)C3)CC1. The van der Waals surface area contributed by atoms with Crippen molar-refractivity contribution in [2.24, 2.45) is 4.99 Å². The van der Waals surface area contributed by atoms with Gasteiger partial charge < -0.3 is 33.6 Å². The third-order valence-corrected chi connectivity index (χ3v) is 16.9. The lowest BCUT2D eigenvalue weighted by Gasteiger charge is -2.47. The van der Waals surface area contributed by atoms with Crippen molar-refractivity contribution >= 4 is 46.9 Å². The van der Waals surface area contributed by atoms with Gasteiger partial charge in [0.25, 0.3) is 5.91 Å². The number of aromatic nitrogens is 4. The van der Waals surface area contributed by atoms with Gasteiger partial charge in [0.05, 0.1) is 87.0 Å². The van der Waals surface area contributed by atoms with E-state index in [0.29, 0.717) is 109 Å². The molecule has 6 aromatic rings. The molecule has 5 heterocycles. The molecular weight excluding hydrogens is 1120 g/mol. The molecule has 3 aliphatic heterocycles. The minimum Gasteiger partial charge on any atom is -0.493 e. The van der Waals surface area contributed by atoms with E-state index in [9.17, 15) is 19.2 Å². The molecule has 0 N–H and O–H groups in total. The van der Waals surface area contributed by atoms with Crippen molar-refractivity contribution in [2.75, 3.05) is 86.4 Å². The van der Waals surface area contributed by atoms with Gasteiger partial charge in [0.2, 0.25) is 11.8 Å². The van der Waals surface area contributed by atoms with Crippen molar-refractivity contribution in [3.8, 4) is 29.0 Å². The highest BCUT2D eigenvalue weighted by molar-refractivity contribution is 6.30. The molecule has 4 aromatic carbocycles. The molecular formula is C64H74Cl2FN11O7. The highest BCUT2D eigenvalue weighted by atomic mass is 35.5. The van der Waals surface area contributed by atoms with Gasteiger partial charge in [0, 0.05) is 74.5 Å². The number of carbonyl (C=O) groups is 3. The van der Waals surface area contributed by atoms with E-state index in [4.69, 9.17) is 57.2 Å². The van der Waals surface area contributed by atoms with Crippen LogP contribution in [0.2, 0.25) is 10.0 Å². The Hall–Kier alpha value is -7.47. The molecule has 85 heavy (non-hydrogen) atoms. The Labute approximate surface area is 507 Å². The molecule has 0 aliphatic carbocycles. The van der Waals surface area contributed by atoms with Gasteiger partial charge in [-0.05, 0) is 111 Å². The second-order valence-corrected chi connectivity index (χ2v) is 23.9. The van der Waals surface area contributed by atoms with Gasteiger partial charge in [-0.2, -0.15) is 10.4 Å². The van der Waals surface area contributed by atoms with Gasteiger partial charge in [0.15, 0.2) is 0 Å². The third-order valence-electron chi connectivity index (χ3n) is 16.4. The van der Waals surface area contributed by atoms with Crippen LogP contribution in [0, 0.1) is 24.1 Å². The number of benzene rings is 4. The third kappa shape index (κ3) is 13.0. The van der Waals surface area contributed by atoms with E-state index in [-0.39, 0.29) is 73.1 Å². The van der Waals surface area contributed by atoms with Gasteiger partial charge in [0.1, 0.15) is 46.3 Å². The summed E-state index contributed by atoms with van der Waals surface area (Å²) >= 11 is 13.0. The number of nitriles is 1. The predicted octanol–water partition coefficient (Wildman–Crippen LogP) is 10.6. The number of carbonyl (C=O) groups excluding carboxylic acids is 3. The molecule has 3 atom stereocenters. The summed E-state index contributed by atoms with van der Waals surface area (Å²) in [5, 5.41) is 16.5. The van der Waals surface area contributed by atoms with Crippen molar-refractivity contribution < 1.29 is 37.7 Å². The topological polar surface area (TPSA) is 184 Å². The van der Waals surface area contributed by atoms with E-state index in [0.717, 1.165) is 22.3 Å². The average molecular weight is 1200 g/mol. The molecule has 2 aromatic heterocycles. The molecule has 1 fully saturated rings. The summed E-state index contributed by atoms with van der Waals surface area (Å²) in [4.78, 5) is 66.6. The maximum Gasteiger partial charge on any atom is 0.326 e. The van der Waals surface area contributed by atoms with Gasteiger partial charge in [-0.25, -0.2) is 14.2 Å². The number of aryl methyl sites for hydroxylation is 1. The van der Waals surface area contributed by atoms with Crippen LogP contribution in [-0.4, -0.2) is 154 Å². The number of likely N-dealkylation sites (N-methyl/N-ethyl adjacent to an activating group) is 1. The molecule has 9 rings (SSSR count). The Kier molecular flexibility index (Phi) is 19.0. The van der Waals surface area contributed by atoms with Crippen LogP contribution in [0.5, 0.6) is 11.6 Å². The van der Waals surface area contributed by atoms with Gasteiger partial charge >= 0.3 is 6.03 Å². The van der Waals surface area contributed by atoms with Crippen molar-refractivity contribution in [1.29, 1.82) is 5.26 Å².